The van der Waals surface area contributed by atoms with E-state index in [1.54, 1.807) is 12.3 Å². The maximum Gasteiger partial charge on any atom is 0.127 e. The standard InChI is InChI=1S/C21H25FN2O2/c22-20-6-2-1-5-18(20)14-24-10-7-21(8-11-24)12-19(16-26-21)25-15-17-4-3-9-23-13-17/h1-6,9,13,19H,7-8,10-12,14-16H2/t19-/m1/s1. The van der Waals surface area contributed by atoms with Crippen LogP contribution in [-0.4, -0.2) is 41.3 Å². The molecular weight excluding hydrogens is 331 g/mol. The molecule has 2 aliphatic rings. The summed E-state index contributed by atoms with van der Waals surface area (Å²) < 4.78 is 26.0. The number of hydrogen-bond donors (Lipinski definition) is 0. The molecule has 2 aliphatic heterocycles. The van der Waals surface area contributed by atoms with Gasteiger partial charge in [-0.15, -0.1) is 0 Å². The van der Waals surface area contributed by atoms with E-state index in [1.165, 1.54) is 6.07 Å². The molecule has 2 fully saturated rings. The van der Waals surface area contributed by atoms with Crippen LogP contribution in [0, 0.1) is 5.82 Å². The van der Waals surface area contributed by atoms with Gasteiger partial charge in [-0.2, -0.15) is 0 Å². The minimum absolute atomic E-state index is 0.0641. The summed E-state index contributed by atoms with van der Waals surface area (Å²) in [6, 6.07) is 11.0. The fourth-order valence-corrected chi connectivity index (χ4v) is 3.94. The number of ether oxygens (including phenoxy) is 2. The molecule has 1 aromatic carbocycles. The molecule has 4 nitrogen and oxygen atoms in total. The van der Waals surface area contributed by atoms with Crippen molar-refractivity contribution in [3.05, 3.63) is 65.7 Å². The van der Waals surface area contributed by atoms with Gasteiger partial charge in [0.15, 0.2) is 0 Å². The summed E-state index contributed by atoms with van der Waals surface area (Å²) in [4.78, 5) is 6.43. The van der Waals surface area contributed by atoms with Gasteiger partial charge in [0, 0.05) is 44.0 Å². The zero-order valence-corrected chi connectivity index (χ0v) is 14.9. The number of piperidine rings is 1. The molecule has 138 valence electrons. The minimum atomic E-state index is -0.117. The Bertz CT molecular complexity index is 717. The quantitative estimate of drug-likeness (QED) is 0.820. The third-order valence-electron chi connectivity index (χ3n) is 5.50. The second-order valence-electron chi connectivity index (χ2n) is 7.36. The van der Waals surface area contributed by atoms with Gasteiger partial charge in [-0.05, 0) is 30.5 Å². The molecule has 0 radical (unpaired) electrons. The summed E-state index contributed by atoms with van der Waals surface area (Å²) in [5, 5.41) is 0. The molecule has 1 spiro atoms. The summed E-state index contributed by atoms with van der Waals surface area (Å²) in [6.07, 6.45) is 6.66. The van der Waals surface area contributed by atoms with E-state index in [9.17, 15) is 4.39 Å². The molecule has 0 amide bonds. The Morgan fingerprint density at radius 3 is 2.81 bits per heavy atom. The molecule has 0 unspecified atom stereocenters. The average Bonchev–Trinajstić information content (AvgIpc) is 3.08. The molecule has 5 heteroatoms. The van der Waals surface area contributed by atoms with Gasteiger partial charge in [0.1, 0.15) is 5.82 Å². The first-order chi connectivity index (χ1) is 12.7. The Kier molecular flexibility index (Phi) is 5.29. The number of benzene rings is 1. The fourth-order valence-electron chi connectivity index (χ4n) is 3.94. The van der Waals surface area contributed by atoms with Gasteiger partial charge in [-0.1, -0.05) is 24.3 Å². The highest BCUT2D eigenvalue weighted by Gasteiger charge is 2.43. The van der Waals surface area contributed by atoms with Crippen molar-refractivity contribution < 1.29 is 13.9 Å². The van der Waals surface area contributed by atoms with Crippen LogP contribution in [-0.2, 0) is 22.6 Å². The summed E-state index contributed by atoms with van der Waals surface area (Å²) in [5.41, 5.74) is 1.80. The lowest BCUT2D eigenvalue weighted by Gasteiger charge is -2.38. The molecule has 0 bridgehead atoms. The molecule has 2 aromatic rings. The van der Waals surface area contributed by atoms with Gasteiger partial charge >= 0.3 is 0 Å². The van der Waals surface area contributed by atoms with Gasteiger partial charge < -0.3 is 9.47 Å². The zero-order valence-electron chi connectivity index (χ0n) is 14.9. The van der Waals surface area contributed by atoms with Crippen LogP contribution in [0.1, 0.15) is 30.4 Å². The zero-order chi connectivity index (χ0) is 17.8. The lowest BCUT2D eigenvalue weighted by molar-refractivity contribution is -0.0469. The molecule has 0 aliphatic carbocycles. The van der Waals surface area contributed by atoms with Gasteiger partial charge in [0.2, 0.25) is 0 Å². The number of rotatable bonds is 5. The Labute approximate surface area is 153 Å². The molecule has 0 N–H and O–H groups in total. The topological polar surface area (TPSA) is 34.6 Å². The smallest absolute Gasteiger partial charge is 0.127 e. The molecule has 4 rings (SSSR count). The summed E-state index contributed by atoms with van der Waals surface area (Å²) in [7, 11) is 0. The van der Waals surface area contributed by atoms with E-state index in [0.717, 1.165) is 43.5 Å². The second kappa shape index (κ2) is 7.82. The van der Waals surface area contributed by atoms with Gasteiger partial charge in [-0.25, -0.2) is 4.39 Å². The molecule has 1 aromatic heterocycles. The third-order valence-corrected chi connectivity index (χ3v) is 5.50. The maximum absolute atomic E-state index is 13.8. The predicted molar refractivity (Wildman–Crippen MR) is 97.0 cm³/mol. The van der Waals surface area contributed by atoms with E-state index in [2.05, 4.69) is 9.88 Å². The third kappa shape index (κ3) is 4.11. The van der Waals surface area contributed by atoms with Gasteiger partial charge in [0.25, 0.3) is 0 Å². The lowest BCUT2D eigenvalue weighted by atomic mass is 9.88. The number of nitrogens with zero attached hydrogens (tertiary/aromatic N) is 2. The van der Waals surface area contributed by atoms with Crippen molar-refractivity contribution in [1.82, 2.24) is 9.88 Å². The summed E-state index contributed by atoms with van der Waals surface area (Å²) in [5.74, 6) is -0.117. The number of aromatic nitrogens is 1. The van der Waals surface area contributed by atoms with E-state index in [4.69, 9.17) is 9.47 Å². The molecular formula is C21H25FN2O2. The Hall–Kier alpha value is -1.82. The van der Waals surface area contributed by atoms with E-state index >= 15 is 0 Å². The molecule has 3 heterocycles. The molecule has 1 atom stereocenters. The highest BCUT2D eigenvalue weighted by atomic mass is 19.1. The molecule has 2 saturated heterocycles. The van der Waals surface area contributed by atoms with Crippen molar-refractivity contribution in [3.8, 4) is 0 Å². The predicted octanol–water partition coefficient (Wildman–Crippen LogP) is 3.56. The van der Waals surface area contributed by atoms with Crippen molar-refractivity contribution in [2.75, 3.05) is 19.7 Å². The number of hydrogen-bond acceptors (Lipinski definition) is 4. The molecule has 26 heavy (non-hydrogen) atoms. The van der Waals surface area contributed by atoms with Crippen LogP contribution in [0.3, 0.4) is 0 Å². The van der Waals surface area contributed by atoms with Crippen LogP contribution >= 0.6 is 0 Å². The normalized spacial score (nSPS) is 22.7. The lowest BCUT2D eigenvalue weighted by Crippen LogP contribution is -2.44. The van der Waals surface area contributed by atoms with Crippen molar-refractivity contribution in [2.24, 2.45) is 0 Å². The van der Waals surface area contributed by atoms with E-state index in [0.29, 0.717) is 19.8 Å². The Morgan fingerprint density at radius 2 is 2.04 bits per heavy atom. The monoisotopic (exact) mass is 356 g/mol. The average molecular weight is 356 g/mol. The Balaban J connectivity index is 1.26. The fraction of sp³-hybridized carbons (Fsp3) is 0.476. The first kappa shape index (κ1) is 17.6. The minimum Gasteiger partial charge on any atom is -0.372 e. The van der Waals surface area contributed by atoms with Crippen LogP contribution in [0.4, 0.5) is 4.39 Å². The van der Waals surface area contributed by atoms with Gasteiger partial charge in [-0.3, -0.25) is 9.88 Å². The first-order valence-electron chi connectivity index (χ1n) is 9.33. The van der Waals surface area contributed by atoms with Crippen LogP contribution in [0.2, 0.25) is 0 Å². The van der Waals surface area contributed by atoms with Crippen LogP contribution in [0.15, 0.2) is 48.8 Å². The largest absolute Gasteiger partial charge is 0.372 e. The highest BCUT2D eigenvalue weighted by Crippen LogP contribution is 2.37. The number of likely N-dealkylation sites (tertiary alicyclic amines) is 1. The molecule has 0 saturated carbocycles. The Morgan fingerprint density at radius 1 is 1.19 bits per heavy atom. The number of pyridine rings is 1. The second-order valence-corrected chi connectivity index (χ2v) is 7.36. The van der Waals surface area contributed by atoms with Crippen LogP contribution in [0.5, 0.6) is 0 Å². The van der Waals surface area contributed by atoms with Crippen molar-refractivity contribution in [3.63, 3.8) is 0 Å². The van der Waals surface area contributed by atoms with Crippen molar-refractivity contribution in [1.29, 1.82) is 0 Å². The van der Waals surface area contributed by atoms with E-state index in [1.807, 2.05) is 30.5 Å². The number of halogens is 1. The maximum atomic E-state index is 13.8. The summed E-state index contributed by atoms with van der Waals surface area (Å²) >= 11 is 0. The first-order valence-corrected chi connectivity index (χ1v) is 9.33. The van der Waals surface area contributed by atoms with Crippen molar-refractivity contribution in [2.45, 2.75) is 44.1 Å². The SMILES string of the molecule is Fc1ccccc1CN1CCC2(CC1)C[C@@H](OCc1cccnc1)CO2. The highest BCUT2D eigenvalue weighted by molar-refractivity contribution is 5.17. The van der Waals surface area contributed by atoms with E-state index < -0.39 is 0 Å². The van der Waals surface area contributed by atoms with Crippen molar-refractivity contribution >= 4 is 0 Å². The summed E-state index contributed by atoms with van der Waals surface area (Å²) in [6.45, 7) is 3.78. The van der Waals surface area contributed by atoms with Gasteiger partial charge in [0.05, 0.1) is 24.9 Å². The van der Waals surface area contributed by atoms with Crippen LogP contribution in [0.25, 0.3) is 0 Å². The van der Waals surface area contributed by atoms with E-state index in [-0.39, 0.29) is 17.5 Å². The van der Waals surface area contributed by atoms with Crippen LogP contribution < -0.4 is 0 Å².